The molecule has 76 valence electrons. The van der Waals surface area contributed by atoms with Crippen molar-refractivity contribution in [2.75, 3.05) is 32.8 Å². The maximum Gasteiger partial charge on any atom is 0.225 e. The molecule has 0 aromatic rings. The zero-order valence-corrected chi connectivity index (χ0v) is 7.57. The van der Waals surface area contributed by atoms with Crippen molar-refractivity contribution < 1.29 is 15.0 Å². The smallest absolute Gasteiger partial charge is 0.225 e. The Hall–Kier alpha value is -0.650. The van der Waals surface area contributed by atoms with Gasteiger partial charge in [-0.25, -0.2) is 0 Å². The summed E-state index contributed by atoms with van der Waals surface area (Å²) in [6, 6.07) is 0. The fourth-order valence-electron chi connectivity index (χ4n) is 1.39. The normalized spacial score (nSPS) is 22.8. The summed E-state index contributed by atoms with van der Waals surface area (Å²) >= 11 is 0. The van der Waals surface area contributed by atoms with Crippen LogP contribution in [0.2, 0.25) is 0 Å². The number of nitrogens with one attached hydrogen (secondary N) is 1. The summed E-state index contributed by atoms with van der Waals surface area (Å²) in [7, 11) is 0. The van der Waals surface area contributed by atoms with Crippen LogP contribution in [0, 0.1) is 0 Å². The Morgan fingerprint density at radius 3 is 2.85 bits per heavy atom. The van der Waals surface area contributed by atoms with Gasteiger partial charge in [-0.1, -0.05) is 0 Å². The molecule has 1 heterocycles. The van der Waals surface area contributed by atoms with E-state index in [1.165, 1.54) is 0 Å². The molecule has 1 fully saturated rings. The summed E-state index contributed by atoms with van der Waals surface area (Å²) in [6.07, 6.45) is -0.245. The minimum atomic E-state index is -0.495. The molecule has 1 aliphatic heterocycles. The van der Waals surface area contributed by atoms with Gasteiger partial charge in [0.05, 0.1) is 19.1 Å². The van der Waals surface area contributed by atoms with Crippen LogP contribution in [-0.2, 0) is 4.79 Å². The van der Waals surface area contributed by atoms with Gasteiger partial charge in [-0.2, -0.15) is 0 Å². The first-order valence-electron chi connectivity index (χ1n) is 4.51. The lowest BCUT2D eigenvalue weighted by molar-refractivity contribution is -0.127. The average Bonchev–Trinajstić information content (AvgIpc) is 2.39. The molecular formula is C8H16N2O3. The van der Waals surface area contributed by atoms with E-state index >= 15 is 0 Å². The molecule has 5 heteroatoms. The molecule has 1 amide bonds. The second-order valence-electron chi connectivity index (χ2n) is 3.17. The first kappa shape index (κ1) is 10.4. The van der Waals surface area contributed by atoms with Crippen molar-refractivity contribution in [2.24, 2.45) is 0 Å². The molecule has 3 N–H and O–H groups in total. The molecule has 1 aliphatic rings. The number of aliphatic hydroxyl groups is 2. The maximum atomic E-state index is 11.1. The molecular weight excluding hydrogens is 172 g/mol. The van der Waals surface area contributed by atoms with Crippen LogP contribution >= 0.6 is 0 Å². The van der Waals surface area contributed by atoms with E-state index in [-0.39, 0.29) is 18.9 Å². The summed E-state index contributed by atoms with van der Waals surface area (Å²) in [6.45, 7) is 2.37. The fraction of sp³-hybridized carbons (Fsp3) is 0.875. The van der Waals surface area contributed by atoms with Crippen molar-refractivity contribution in [2.45, 2.75) is 12.5 Å². The average molecular weight is 188 g/mol. The third kappa shape index (κ3) is 3.30. The number of hydrogen-bond acceptors (Lipinski definition) is 4. The number of rotatable bonds is 5. The molecule has 1 saturated heterocycles. The van der Waals surface area contributed by atoms with Crippen LogP contribution in [0.3, 0.4) is 0 Å². The minimum Gasteiger partial charge on any atom is -0.395 e. The van der Waals surface area contributed by atoms with Gasteiger partial charge >= 0.3 is 0 Å². The Bertz CT molecular complexity index is 175. The molecule has 0 radical (unpaired) electrons. The Balaban J connectivity index is 2.11. The standard InChI is InChI=1S/C8H16N2O3/c11-4-2-9-1-3-10-6-7(12)5-8(10)13/h7,9,11-12H,1-6H2. The van der Waals surface area contributed by atoms with Crippen molar-refractivity contribution in [3.8, 4) is 0 Å². The zero-order chi connectivity index (χ0) is 9.68. The highest BCUT2D eigenvalue weighted by molar-refractivity contribution is 5.78. The molecule has 0 spiro atoms. The van der Waals surface area contributed by atoms with Gasteiger partial charge < -0.3 is 20.4 Å². The van der Waals surface area contributed by atoms with Crippen LogP contribution in [0.4, 0.5) is 0 Å². The van der Waals surface area contributed by atoms with Crippen molar-refractivity contribution in [3.05, 3.63) is 0 Å². The first-order chi connectivity index (χ1) is 6.24. The minimum absolute atomic E-state index is 0.0123. The number of carbonyl (C=O) groups is 1. The molecule has 0 aromatic carbocycles. The number of likely N-dealkylation sites (tertiary alicyclic amines) is 1. The van der Waals surface area contributed by atoms with Gasteiger partial charge in [-0.05, 0) is 0 Å². The van der Waals surface area contributed by atoms with Gasteiger partial charge in [0, 0.05) is 26.2 Å². The monoisotopic (exact) mass is 188 g/mol. The van der Waals surface area contributed by atoms with Crippen LogP contribution in [0.25, 0.3) is 0 Å². The largest absolute Gasteiger partial charge is 0.395 e. The lowest BCUT2D eigenvalue weighted by Gasteiger charge is -2.15. The Labute approximate surface area is 77.3 Å². The molecule has 0 aromatic heterocycles. The van der Waals surface area contributed by atoms with E-state index in [0.29, 0.717) is 26.2 Å². The number of β-amino-alcohol motifs (C(OH)–C–C–N with tert-alkyl or cyclic N) is 1. The van der Waals surface area contributed by atoms with Gasteiger partial charge in [0.25, 0.3) is 0 Å². The van der Waals surface area contributed by atoms with Crippen molar-refractivity contribution >= 4 is 5.91 Å². The van der Waals surface area contributed by atoms with E-state index in [9.17, 15) is 4.79 Å². The Morgan fingerprint density at radius 1 is 1.54 bits per heavy atom. The summed E-state index contributed by atoms with van der Waals surface area (Å²) in [5.74, 6) is 0.0123. The molecule has 1 atom stereocenters. The number of amides is 1. The number of nitrogens with zero attached hydrogens (tertiary/aromatic N) is 1. The van der Waals surface area contributed by atoms with Gasteiger partial charge in [-0.3, -0.25) is 4.79 Å². The SMILES string of the molecule is O=C1CC(O)CN1CCNCCO. The van der Waals surface area contributed by atoms with Crippen LogP contribution < -0.4 is 5.32 Å². The molecule has 0 bridgehead atoms. The van der Waals surface area contributed by atoms with E-state index in [1.807, 2.05) is 0 Å². The van der Waals surface area contributed by atoms with Crippen molar-refractivity contribution in [3.63, 3.8) is 0 Å². The summed E-state index contributed by atoms with van der Waals surface area (Å²) in [5.41, 5.74) is 0. The number of hydrogen-bond donors (Lipinski definition) is 3. The van der Waals surface area contributed by atoms with Crippen LogP contribution in [-0.4, -0.2) is 59.9 Å². The summed E-state index contributed by atoms with van der Waals surface area (Å²) < 4.78 is 0. The summed E-state index contributed by atoms with van der Waals surface area (Å²) in [4.78, 5) is 12.8. The second kappa shape index (κ2) is 5.16. The highest BCUT2D eigenvalue weighted by Gasteiger charge is 2.26. The maximum absolute atomic E-state index is 11.1. The van der Waals surface area contributed by atoms with Crippen molar-refractivity contribution in [1.82, 2.24) is 10.2 Å². The summed E-state index contributed by atoms with van der Waals surface area (Å²) in [5, 5.41) is 20.6. The Kier molecular flexibility index (Phi) is 4.14. The van der Waals surface area contributed by atoms with E-state index in [1.54, 1.807) is 4.90 Å². The van der Waals surface area contributed by atoms with E-state index in [0.717, 1.165) is 0 Å². The molecule has 1 unspecified atom stereocenters. The quantitative estimate of drug-likeness (QED) is 0.443. The third-order valence-electron chi connectivity index (χ3n) is 2.04. The lowest BCUT2D eigenvalue weighted by Crippen LogP contribution is -2.34. The molecule has 5 nitrogen and oxygen atoms in total. The molecule has 13 heavy (non-hydrogen) atoms. The zero-order valence-electron chi connectivity index (χ0n) is 7.57. The molecule has 0 saturated carbocycles. The van der Waals surface area contributed by atoms with E-state index < -0.39 is 6.10 Å². The van der Waals surface area contributed by atoms with Gasteiger partial charge in [0.1, 0.15) is 0 Å². The van der Waals surface area contributed by atoms with Crippen LogP contribution in [0.15, 0.2) is 0 Å². The predicted octanol–water partition coefficient (Wildman–Crippen LogP) is -1.84. The van der Waals surface area contributed by atoms with E-state index in [4.69, 9.17) is 10.2 Å². The Morgan fingerprint density at radius 2 is 2.31 bits per heavy atom. The predicted molar refractivity (Wildman–Crippen MR) is 47.2 cm³/mol. The van der Waals surface area contributed by atoms with E-state index in [2.05, 4.69) is 5.32 Å². The number of aliphatic hydroxyl groups excluding tert-OH is 2. The third-order valence-corrected chi connectivity index (χ3v) is 2.04. The highest BCUT2D eigenvalue weighted by Crippen LogP contribution is 2.09. The van der Waals surface area contributed by atoms with Crippen LogP contribution in [0.5, 0.6) is 0 Å². The molecule has 0 aliphatic carbocycles. The van der Waals surface area contributed by atoms with Crippen LogP contribution in [0.1, 0.15) is 6.42 Å². The lowest BCUT2D eigenvalue weighted by atomic mass is 10.3. The van der Waals surface area contributed by atoms with Crippen molar-refractivity contribution in [1.29, 1.82) is 0 Å². The fourth-order valence-corrected chi connectivity index (χ4v) is 1.39. The first-order valence-corrected chi connectivity index (χ1v) is 4.51. The van der Waals surface area contributed by atoms with Gasteiger partial charge in [0.2, 0.25) is 5.91 Å². The molecule has 1 rings (SSSR count). The topological polar surface area (TPSA) is 72.8 Å². The van der Waals surface area contributed by atoms with Gasteiger partial charge in [-0.15, -0.1) is 0 Å². The second-order valence-corrected chi connectivity index (χ2v) is 3.17. The highest BCUT2D eigenvalue weighted by atomic mass is 16.3. The number of carbonyl (C=O) groups excluding carboxylic acids is 1. The van der Waals surface area contributed by atoms with Gasteiger partial charge in [0.15, 0.2) is 0 Å².